The van der Waals surface area contributed by atoms with E-state index in [-0.39, 0.29) is 12.4 Å². The van der Waals surface area contributed by atoms with Gasteiger partial charge in [-0.05, 0) is 80.2 Å². The zero-order valence-electron chi connectivity index (χ0n) is 22.5. The summed E-state index contributed by atoms with van der Waals surface area (Å²) in [7, 11) is 1.52. The molecule has 1 atom stereocenters. The van der Waals surface area contributed by atoms with Gasteiger partial charge in [0.05, 0.1) is 12.8 Å². The molecule has 4 rings (SSSR count). The molecule has 0 amide bonds. The smallest absolute Gasteiger partial charge is 0.181 e. The van der Waals surface area contributed by atoms with Gasteiger partial charge < -0.3 is 26.0 Å². The summed E-state index contributed by atoms with van der Waals surface area (Å²) in [6, 6.07) is 19.2. The molecule has 36 heavy (non-hydrogen) atoms. The molecule has 1 fully saturated rings. The van der Waals surface area contributed by atoms with Crippen LogP contribution in [-0.2, 0) is 13.0 Å². The number of ether oxygens (including phenoxy) is 1. The Morgan fingerprint density at radius 2 is 1.72 bits per heavy atom. The predicted octanol–water partition coefficient (Wildman–Crippen LogP) is 5.35. The first-order valence-electron chi connectivity index (χ1n) is 13.2. The highest BCUT2D eigenvalue weighted by Gasteiger charge is 2.16. The third-order valence-electron chi connectivity index (χ3n) is 6.27. The molecule has 1 saturated heterocycles. The summed E-state index contributed by atoms with van der Waals surface area (Å²) in [6.45, 7) is 10.4. The van der Waals surface area contributed by atoms with Crippen molar-refractivity contribution in [2.75, 3.05) is 39.1 Å². The number of hydrogen-bond donors (Lipinski definition) is 4. The maximum atomic E-state index is 9.78. The number of rotatable bonds is 9. The number of nitrogens with zero attached hydrogens (tertiary/aromatic N) is 1. The van der Waals surface area contributed by atoms with Crippen LogP contribution in [-0.4, -0.2) is 54.5 Å². The van der Waals surface area contributed by atoms with Gasteiger partial charge >= 0.3 is 0 Å². The van der Waals surface area contributed by atoms with Crippen molar-refractivity contribution >= 4 is 16.5 Å². The summed E-state index contributed by atoms with van der Waals surface area (Å²) in [5, 5.41) is 24.5. The second-order valence-corrected chi connectivity index (χ2v) is 8.99. The Bertz CT molecular complexity index is 1040. The van der Waals surface area contributed by atoms with E-state index in [1.807, 2.05) is 19.9 Å². The third kappa shape index (κ3) is 9.01. The van der Waals surface area contributed by atoms with Crippen molar-refractivity contribution in [2.24, 2.45) is 0 Å². The van der Waals surface area contributed by atoms with Crippen molar-refractivity contribution in [3.8, 4) is 11.5 Å². The van der Waals surface area contributed by atoms with Crippen LogP contribution >= 0.6 is 0 Å². The summed E-state index contributed by atoms with van der Waals surface area (Å²) >= 11 is 0. The van der Waals surface area contributed by atoms with Gasteiger partial charge in [-0.2, -0.15) is 0 Å². The second-order valence-electron chi connectivity index (χ2n) is 8.99. The fraction of sp³-hybridized carbons (Fsp3) is 0.467. The summed E-state index contributed by atoms with van der Waals surface area (Å²) in [4.78, 5) is 2.34. The topological polar surface area (TPSA) is 91.0 Å². The Hall–Kier alpha value is -2.80. The number of likely N-dealkylation sites (tertiary alicyclic amines) is 1. The van der Waals surface area contributed by atoms with Gasteiger partial charge in [-0.3, -0.25) is 4.90 Å². The summed E-state index contributed by atoms with van der Waals surface area (Å²) in [5.74, 6) is 0.488. The maximum Gasteiger partial charge on any atom is 0.181 e. The van der Waals surface area contributed by atoms with Crippen LogP contribution < -0.4 is 15.8 Å². The van der Waals surface area contributed by atoms with Crippen molar-refractivity contribution in [1.82, 2.24) is 10.2 Å². The molecule has 0 bridgehead atoms. The molecule has 0 radical (unpaired) electrons. The van der Waals surface area contributed by atoms with Crippen LogP contribution in [0.3, 0.4) is 0 Å². The lowest BCUT2D eigenvalue weighted by atomic mass is 10.0. The third-order valence-corrected chi connectivity index (χ3v) is 6.27. The zero-order valence-corrected chi connectivity index (χ0v) is 22.5. The molecule has 3 aromatic rings. The molecular formula is C30H45N3O3. The summed E-state index contributed by atoms with van der Waals surface area (Å²) < 4.78 is 5.01. The quantitative estimate of drug-likeness (QED) is 0.182. The molecule has 0 aliphatic carbocycles. The molecule has 0 aromatic heterocycles. The van der Waals surface area contributed by atoms with E-state index in [0.717, 1.165) is 44.6 Å². The van der Waals surface area contributed by atoms with Crippen molar-refractivity contribution in [3.05, 3.63) is 65.7 Å². The molecule has 1 aliphatic rings. The van der Waals surface area contributed by atoms with Gasteiger partial charge in [0.25, 0.3) is 0 Å². The number of hydrogen-bond acceptors (Lipinski definition) is 6. The van der Waals surface area contributed by atoms with Gasteiger partial charge in [0, 0.05) is 19.2 Å². The molecule has 1 heterocycles. The number of anilines is 1. The first-order valence-corrected chi connectivity index (χ1v) is 13.2. The SMILES string of the molecule is CC.CC(Cc1ccc2ccccc2c1)NCCCO.COc1ccc(CN2CCCC2)c(N)c1O. The Kier molecular flexibility index (Phi) is 13.1. The predicted molar refractivity (Wildman–Crippen MR) is 152 cm³/mol. The number of fused-ring (bicyclic) bond motifs is 1. The fourth-order valence-electron chi connectivity index (χ4n) is 4.33. The van der Waals surface area contributed by atoms with Crippen molar-refractivity contribution in [3.63, 3.8) is 0 Å². The van der Waals surface area contributed by atoms with Gasteiger partial charge in [-0.15, -0.1) is 0 Å². The number of nitrogen functional groups attached to an aromatic ring is 1. The largest absolute Gasteiger partial charge is 0.503 e. The fourth-order valence-corrected chi connectivity index (χ4v) is 4.33. The average molecular weight is 496 g/mol. The van der Waals surface area contributed by atoms with E-state index >= 15 is 0 Å². The zero-order chi connectivity index (χ0) is 26.3. The number of aromatic hydroxyl groups is 1. The summed E-state index contributed by atoms with van der Waals surface area (Å²) in [6.07, 6.45) is 4.35. The molecule has 198 valence electrons. The number of methoxy groups -OCH3 is 1. The highest BCUT2D eigenvalue weighted by atomic mass is 16.5. The van der Waals surface area contributed by atoms with Crippen LogP contribution in [0.5, 0.6) is 11.5 Å². The normalized spacial score (nSPS) is 13.9. The van der Waals surface area contributed by atoms with E-state index in [2.05, 4.69) is 59.6 Å². The molecule has 0 saturated carbocycles. The minimum Gasteiger partial charge on any atom is -0.503 e. The molecule has 0 spiro atoms. The van der Waals surface area contributed by atoms with Gasteiger partial charge in [-0.25, -0.2) is 0 Å². The van der Waals surface area contributed by atoms with Gasteiger partial charge in [0.1, 0.15) is 0 Å². The molecular weight excluding hydrogens is 450 g/mol. The molecule has 3 aromatic carbocycles. The number of nitrogens with two attached hydrogens (primary N) is 1. The van der Waals surface area contributed by atoms with Crippen molar-refractivity contribution in [1.29, 1.82) is 0 Å². The van der Waals surface area contributed by atoms with Crippen molar-refractivity contribution < 1.29 is 14.9 Å². The van der Waals surface area contributed by atoms with E-state index in [1.165, 1.54) is 36.3 Å². The number of benzene rings is 3. The number of nitrogens with one attached hydrogen (secondary N) is 1. The van der Waals surface area contributed by atoms with E-state index in [0.29, 0.717) is 17.5 Å². The van der Waals surface area contributed by atoms with E-state index in [1.54, 1.807) is 6.07 Å². The minimum atomic E-state index is 0.0548. The van der Waals surface area contributed by atoms with E-state index in [4.69, 9.17) is 15.6 Å². The molecule has 1 aliphatic heterocycles. The van der Waals surface area contributed by atoms with Crippen LogP contribution in [0.15, 0.2) is 54.6 Å². The van der Waals surface area contributed by atoms with Crippen molar-refractivity contribution in [2.45, 2.75) is 59.0 Å². The lowest BCUT2D eigenvalue weighted by Crippen LogP contribution is -2.29. The lowest BCUT2D eigenvalue weighted by molar-refractivity contribution is 0.283. The molecule has 5 N–H and O–H groups in total. The number of phenols is 1. The Morgan fingerprint density at radius 1 is 1.03 bits per heavy atom. The van der Waals surface area contributed by atoms with Crippen LogP contribution in [0.1, 0.15) is 51.2 Å². The maximum absolute atomic E-state index is 9.78. The average Bonchev–Trinajstić information content (AvgIpc) is 3.42. The standard InChI is InChI=1S/C16H21NO.C12H18N2O2.C2H6/c1-13(17-9-4-10-18)11-14-7-8-15-5-2-3-6-16(15)12-14;1-16-10-5-4-9(11(13)12(10)15)8-14-6-2-3-7-14;1-2/h2-3,5-8,12-13,17-18H,4,9-11H2,1H3;4-5,15H,2-3,6-8,13H2,1H3;1-2H3. The first kappa shape index (κ1) is 29.4. The highest BCUT2D eigenvalue weighted by molar-refractivity contribution is 5.83. The van der Waals surface area contributed by atoms with E-state index in [9.17, 15) is 5.11 Å². The van der Waals surface area contributed by atoms with Crippen LogP contribution in [0.2, 0.25) is 0 Å². The lowest BCUT2D eigenvalue weighted by Gasteiger charge is -2.17. The number of aliphatic hydroxyl groups is 1. The number of aliphatic hydroxyl groups excluding tert-OH is 1. The van der Waals surface area contributed by atoms with Crippen LogP contribution in [0.4, 0.5) is 5.69 Å². The Balaban J connectivity index is 0.000000239. The van der Waals surface area contributed by atoms with Crippen LogP contribution in [0, 0.1) is 0 Å². The second kappa shape index (κ2) is 16.0. The van der Waals surface area contributed by atoms with Crippen LogP contribution in [0.25, 0.3) is 10.8 Å². The molecule has 6 nitrogen and oxygen atoms in total. The Labute approximate surface area is 217 Å². The van der Waals surface area contributed by atoms with E-state index < -0.39 is 0 Å². The minimum absolute atomic E-state index is 0.0548. The summed E-state index contributed by atoms with van der Waals surface area (Å²) in [5.41, 5.74) is 8.65. The van der Waals surface area contributed by atoms with Gasteiger partial charge in [0.2, 0.25) is 0 Å². The van der Waals surface area contributed by atoms with Gasteiger partial charge in [0.15, 0.2) is 11.5 Å². The molecule has 6 heteroatoms. The Morgan fingerprint density at radius 3 is 2.39 bits per heavy atom. The monoisotopic (exact) mass is 495 g/mol. The highest BCUT2D eigenvalue weighted by Crippen LogP contribution is 2.35. The number of phenolic OH excluding ortho intramolecular Hbond substituents is 1. The molecule has 1 unspecified atom stereocenters. The van der Waals surface area contributed by atoms with Gasteiger partial charge in [-0.1, -0.05) is 62.4 Å². The first-order chi connectivity index (χ1) is 17.5.